The van der Waals surface area contributed by atoms with Crippen molar-refractivity contribution in [1.29, 1.82) is 0 Å². The molecule has 0 aliphatic rings. The fourth-order valence-corrected chi connectivity index (χ4v) is 2.27. The zero-order valence-electron chi connectivity index (χ0n) is 11.8. The molecule has 0 atom stereocenters. The van der Waals surface area contributed by atoms with E-state index >= 15 is 0 Å². The fraction of sp³-hybridized carbons (Fsp3) is 0.467. The molecule has 1 amide bonds. The van der Waals surface area contributed by atoms with Gasteiger partial charge >= 0.3 is 0 Å². The third-order valence-electron chi connectivity index (χ3n) is 3.31. The molecular formula is C15H21N3O2. The second-order valence-electron chi connectivity index (χ2n) is 4.83. The van der Waals surface area contributed by atoms with Gasteiger partial charge < -0.3 is 15.0 Å². The first-order chi connectivity index (χ1) is 9.72. The summed E-state index contributed by atoms with van der Waals surface area (Å²) in [5.41, 5.74) is 2.08. The van der Waals surface area contributed by atoms with Gasteiger partial charge in [-0.05, 0) is 31.9 Å². The summed E-state index contributed by atoms with van der Waals surface area (Å²) in [5, 5.41) is 11.6. The van der Waals surface area contributed by atoms with E-state index in [1.165, 1.54) is 0 Å². The Morgan fingerprint density at radius 1 is 1.35 bits per heavy atom. The predicted octanol–water partition coefficient (Wildman–Crippen LogP) is 1.62. The molecule has 0 fully saturated rings. The molecule has 20 heavy (non-hydrogen) atoms. The molecule has 2 N–H and O–H groups in total. The number of para-hydroxylation sites is 2. The van der Waals surface area contributed by atoms with Gasteiger partial charge in [-0.1, -0.05) is 12.1 Å². The monoisotopic (exact) mass is 275 g/mol. The summed E-state index contributed by atoms with van der Waals surface area (Å²) < 4.78 is 2.11. The number of rotatable bonds is 7. The van der Waals surface area contributed by atoms with Gasteiger partial charge in [-0.2, -0.15) is 0 Å². The number of aryl methyl sites for hydroxylation is 1. The number of nitrogens with one attached hydrogen (secondary N) is 1. The van der Waals surface area contributed by atoms with Crippen LogP contribution in [0.25, 0.3) is 11.0 Å². The number of fused-ring (bicyclic) bond motifs is 1. The number of hydrogen-bond acceptors (Lipinski definition) is 3. The molecule has 108 valence electrons. The van der Waals surface area contributed by atoms with E-state index in [1.54, 1.807) is 0 Å². The van der Waals surface area contributed by atoms with Gasteiger partial charge in [0.2, 0.25) is 5.91 Å². The number of carbonyl (C=O) groups excluding carboxylic acids is 1. The molecule has 1 heterocycles. The highest BCUT2D eigenvalue weighted by Gasteiger charge is 2.06. The minimum absolute atomic E-state index is 0.0422. The van der Waals surface area contributed by atoms with Gasteiger partial charge in [-0.15, -0.1) is 0 Å². The van der Waals surface area contributed by atoms with Crippen LogP contribution in [0.4, 0.5) is 0 Å². The Morgan fingerprint density at radius 3 is 2.95 bits per heavy atom. The summed E-state index contributed by atoms with van der Waals surface area (Å²) in [6, 6.07) is 8.00. The van der Waals surface area contributed by atoms with Gasteiger partial charge in [0.05, 0.1) is 11.0 Å². The fourth-order valence-electron chi connectivity index (χ4n) is 2.27. The summed E-state index contributed by atoms with van der Waals surface area (Å²) in [6.07, 6.45) is 1.89. The number of amides is 1. The van der Waals surface area contributed by atoms with Gasteiger partial charge in [0.1, 0.15) is 5.82 Å². The number of nitrogens with zero attached hydrogens (tertiary/aromatic N) is 2. The van der Waals surface area contributed by atoms with Crippen LogP contribution in [-0.2, 0) is 11.3 Å². The van der Waals surface area contributed by atoms with E-state index in [0.717, 1.165) is 29.8 Å². The van der Waals surface area contributed by atoms with Gasteiger partial charge in [0, 0.05) is 26.1 Å². The Labute approximate surface area is 118 Å². The summed E-state index contributed by atoms with van der Waals surface area (Å²) in [6.45, 7) is 3.44. The van der Waals surface area contributed by atoms with Gasteiger partial charge in [-0.3, -0.25) is 4.79 Å². The number of carbonyl (C=O) groups is 1. The highest BCUT2D eigenvalue weighted by Crippen LogP contribution is 2.14. The lowest BCUT2D eigenvalue weighted by molar-refractivity contribution is -0.121. The third kappa shape index (κ3) is 3.57. The van der Waals surface area contributed by atoms with E-state index in [9.17, 15) is 4.79 Å². The second kappa shape index (κ2) is 7.05. The van der Waals surface area contributed by atoms with Crippen LogP contribution < -0.4 is 5.32 Å². The van der Waals surface area contributed by atoms with Gasteiger partial charge in [0.25, 0.3) is 0 Å². The number of aromatic nitrogens is 2. The van der Waals surface area contributed by atoms with Crippen molar-refractivity contribution in [3.8, 4) is 0 Å². The lowest BCUT2D eigenvalue weighted by atomic mass is 10.2. The van der Waals surface area contributed by atoms with Crippen molar-refractivity contribution in [3.05, 3.63) is 30.1 Å². The number of aliphatic hydroxyl groups excluding tert-OH is 1. The molecule has 5 heteroatoms. The summed E-state index contributed by atoms with van der Waals surface area (Å²) in [5.74, 6) is 1.00. The zero-order valence-corrected chi connectivity index (χ0v) is 11.8. The van der Waals surface area contributed by atoms with Gasteiger partial charge in [0.15, 0.2) is 0 Å². The van der Waals surface area contributed by atoms with Gasteiger partial charge in [-0.25, -0.2) is 4.98 Å². The molecule has 1 aromatic carbocycles. The topological polar surface area (TPSA) is 67.2 Å². The first-order valence-electron chi connectivity index (χ1n) is 7.02. The average molecular weight is 275 g/mol. The van der Waals surface area contributed by atoms with E-state index in [-0.39, 0.29) is 12.5 Å². The predicted molar refractivity (Wildman–Crippen MR) is 78.4 cm³/mol. The maximum atomic E-state index is 11.6. The van der Waals surface area contributed by atoms with Crippen molar-refractivity contribution < 1.29 is 9.90 Å². The molecule has 1 aromatic heterocycles. The standard InChI is InChI=1S/C15H21N3O2/c1-12-17-13-6-2-3-7-14(13)18(12)10-9-16-15(20)8-4-5-11-19/h2-3,6-7,19H,4-5,8-11H2,1H3,(H,16,20). The van der Waals surface area contributed by atoms with E-state index < -0.39 is 0 Å². The third-order valence-corrected chi connectivity index (χ3v) is 3.31. The van der Waals surface area contributed by atoms with Crippen LogP contribution >= 0.6 is 0 Å². The minimum Gasteiger partial charge on any atom is -0.396 e. The Balaban J connectivity index is 1.87. The molecule has 0 radical (unpaired) electrons. The highest BCUT2D eigenvalue weighted by atomic mass is 16.3. The Bertz CT molecular complexity index is 578. The van der Waals surface area contributed by atoms with E-state index in [2.05, 4.69) is 14.9 Å². The summed E-state index contributed by atoms with van der Waals surface area (Å²) in [7, 11) is 0. The summed E-state index contributed by atoms with van der Waals surface area (Å²) >= 11 is 0. The molecule has 2 aromatic rings. The second-order valence-corrected chi connectivity index (χ2v) is 4.83. The van der Waals surface area contributed by atoms with Crippen LogP contribution in [0.3, 0.4) is 0 Å². The number of unbranched alkanes of at least 4 members (excludes halogenated alkanes) is 1. The molecular weight excluding hydrogens is 254 g/mol. The highest BCUT2D eigenvalue weighted by molar-refractivity contribution is 5.76. The van der Waals surface area contributed by atoms with Crippen molar-refractivity contribution >= 4 is 16.9 Å². The van der Waals surface area contributed by atoms with Crippen LogP contribution in [0.15, 0.2) is 24.3 Å². The molecule has 0 unspecified atom stereocenters. The lowest BCUT2D eigenvalue weighted by Gasteiger charge is -2.08. The first-order valence-corrected chi connectivity index (χ1v) is 7.02. The Hall–Kier alpha value is -1.88. The number of imidazole rings is 1. The minimum atomic E-state index is 0.0422. The van der Waals surface area contributed by atoms with Crippen LogP contribution in [0.5, 0.6) is 0 Å². The molecule has 0 saturated heterocycles. The molecule has 0 aliphatic heterocycles. The largest absolute Gasteiger partial charge is 0.396 e. The normalized spacial score (nSPS) is 10.9. The zero-order chi connectivity index (χ0) is 14.4. The molecule has 5 nitrogen and oxygen atoms in total. The first kappa shape index (κ1) is 14.5. The van der Waals surface area contributed by atoms with Crippen molar-refractivity contribution in [1.82, 2.24) is 14.9 Å². The molecule has 0 saturated carbocycles. The average Bonchev–Trinajstić information content (AvgIpc) is 2.75. The van der Waals surface area contributed by atoms with Crippen molar-refractivity contribution in [2.24, 2.45) is 0 Å². The number of hydrogen-bond donors (Lipinski definition) is 2. The molecule has 0 aliphatic carbocycles. The molecule has 2 rings (SSSR count). The lowest BCUT2D eigenvalue weighted by Crippen LogP contribution is -2.27. The maximum absolute atomic E-state index is 11.6. The maximum Gasteiger partial charge on any atom is 0.220 e. The Morgan fingerprint density at radius 2 is 2.15 bits per heavy atom. The van der Waals surface area contributed by atoms with Crippen molar-refractivity contribution in [3.63, 3.8) is 0 Å². The molecule has 0 spiro atoms. The van der Waals surface area contributed by atoms with E-state index in [0.29, 0.717) is 19.4 Å². The van der Waals surface area contributed by atoms with Crippen LogP contribution in [0.2, 0.25) is 0 Å². The Kier molecular flexibility index (Phi) is 5.12. The van der Waals surface area contributed by atoms with Crippen molar-refractivity contribution in [2.75, 3.05) is 13.2 Å². The van der Waals surface area contributed by atoms with Crippen LogP contribution in [0.1, 0.15) is 25.1 Å². The van der Waals surface area contributed by atoms with Crippen LogP contribution in [-0.4, -0.2) is 33.7 Å². The summed E-state index contributed by atoms with van der Waals surface area (Å²) in [4.78, 5) is 16.1. The van der Waals surface area contributed by atoms with E-state index in [1.807, 2.05) is 31.2 Å². The number of benzene rings is 1. The van der Waals surface area contributed by atoms with E-state index in [4.69, 9.17) is 5.11 Å². The SMILES string of the molecule is Cc1nc2ccccc2n1CCNC(=O)CCCCO. The molecule has 0 bridgehead atoms. The smallest absolute Gasteiger partial charge is 0.220 e. The van der Waals surface area contributed by atoms with Crippen LogP contribution in [0, 0.1) is 6.92 Å². The van der Waals surface area contributed by atoms with Crippen molar-refractivity contribution in [2.45, 2.75) is 32.7 Å². The number of aliphatic hydroxyl groups is 1. The quantitative estimate of drug-likeness (QED) is 0.755.